The second-order valence-corrected chi connectivity index (χ2v) is 7.73. The molecule has 1 aliphatic rings. The van der Waals surface area contributed by atoms with Crippen molar-refractivity contribution in [1.29, 1.82) is 0 Å². The van der Waals surface area contributed by atoms with Gasteiger partial charge in [-0.05, 0) is 12.0 Å². The summed E-state index contributed by atoms with van der Waals surface area (Å²) in [6.45, 7) is 3.07. The van der Waals surface area contributed by atoms with E-state index in [0.29, 0.717) is 5.56 Å². The van der Waals surface area contributed by atoms with Crippen LogP contribution < -0.4 is 11.2 Å². The van der Waals surface area contributed by atoms with Crippen LogP contribution in [0.3, 0.4) is 0 Å². The van der Waals surface area contributed by atoms with Gasteiger partial charge in [-0.25, -0.2) is 4.79 Å². The molecule has 4 atom stereocenters. The Morgan fingerprint density at radius 2 is 2.06 bits per heavy atom. The monoisotopic (exact) mass is 435 g/mol. The van der Waals surface area contributed by atoms with Crippen molar-refractivity contribution in [2.75, 3.05) is 6.61 Å². The number of nitrogens with zero attached hydrogens (tertiary/aromatic N) is 2. The predicted molar refractivity (Wildman–Crippen MR) is 108 cm³/mol. The number of nitro groups is 1. The number of nitro benzene ring substituents is 1. The minimum atomic E-state index is -0.947. The highest BCUT2D eigenvalue weighted by Gasteiger charge is 2.35. The smallest absolute Gasteiger partial charge is 0.330 e. The topological polar surface area (TPSA) is 157 Å². The van der Waals surface area contributed by atoms with Gasteiger partial charge in [-0.3, -0.25) is 24.5 Å². The maximum absolute atomic E-state index is 12.3. The number of hydrogen-bond acceptors (Lipinski definition) is 8. The fraction of sp³-hybridized carbons (Fsp3) is 0.500. The van der Waals surface area contributed by atoms with Crippen LogP contribution in [0.15, 0.2) is 40.1 Å². The second-order valence-electron chi connectivity index (χ2n) is 7.73. The van der Waals surface area contributed by atoms with Crippen LogP contribution in [0.1, 0.15) is 43.7 Å². The molecular weight excluding hydrogens is 410 g/mol. The molecule has 1 aromatic carbocycles. The Morgan fingerprint density at radius 1 is 1.35 bits per heavy atom. The first-order valence-electron chi connectivity index (χ1n) is 9.86. The van der Waals surface area contributed by atoms with Gasteiger partial charge in [-0.15, -0.1) is 0 Å². The van der Waals surface area contributed by atoms with Gasteiger partial charge in [0, 0.05) is 18.7 Å². The molecule has 2 heterocycles. The van der Waals surface area contributed by atoms with Gasteiger partial charge in [0.1, 0.15) is 12.3 Å². The lowest BCUT2D eigenvalue weighted by Gasteiger charge is -2.22. The molecule has 1 unspecified atom stereocenters. The summed E-state index contributed by atoms with van der Waals surface area (Å²) in [6.07, 6.45) is -1.93. The first-order valence-corrected chi connectivity index (χ1v) is 9.86. The van der Waals surface area contributed by atoms with E-state index >= 15 is 0 Å². The Labute approximate surface area is 177 Å². The Bertz CT molecular complexity index is 1050. The number of H-pyrrole nitrogens is 1. The van der Waals surface area contributed by atoms with Crippen LogP contribution in [0.4, 0.5) is 5.69 Å². The van der Waals surface area contributed by atoms with Crippen molar-refractivity contribution in [2.24, 2.45) is 5.92 Å². The molecule has 0 spiro atoms. The molecule has 0 aliphatic carbocycles. The van der Waals surface area contributed by atoms with Crippen LogP contribution in [0.2, 0.25) is 0 Å². The SMILES string of the molecule is CC(C)C(OCc1cn([C@H]2C[C@@H](O)[C@@H](CO)O2)c(=O)[nH]c1=O)c1ccccc1[N+](=O)[O-]. The highest BCUT2D eigenvalue weighted by molar-refractivity contribution is 5.41. The minimum absolute atomic E-state index is 0.0717. The van der Waals surface area contributed by atoms with E-state index in [2.05, 4.69) is 4.98 Å². The van der Waals surface area contributed by atoms with Gasteiger partial charge in [0.15, 0.2) is 0 Å². The number of nitrogens with one attached hydrogen (secondary N) is 1. The zero-order valence-electron chi connectivity index (χ0n) is 17.1. The standard InChI is InChI=1S/C20H25N3O8/c1-11(2)18(13-5-3-4-6-14(13)23(28)29)30-10-12-8-22(20(27)21-19(12)26)17-7-15(25)16(9-24)31-17/h3-6,8,11,15-18,24-25H,7,9-10H2,1-2H3,(H,21,26,27)/t15-,16-,17-,18?/m1/s1. The molecule has 2 aromatic rings. The third-order valence-corrected chi connectivity index (χ3v) is 5.20. The zero-order valence-corrected chi connectivity index (χ0v) is 17.1. The molecule has 0 bridgehead atoms. The quantitative estimate of drug-likeness (QED) is 0.409. The van der Waals surface area contributed by atoms with Gasteiger partial charge < -0.3 is 19.7 Å². The number of ether oxygens (including phenoxy) is 2. The van der Waals surface area contributed by atoms with E-state index < -0.39 is 47.3 Å². The summed E-state index contributed by atoms with van der Waals surface area (Å²) in [4.78, 5) is 37.6. The van der Waals surface area contributed by atoms with Gasteiger partial charge in [0.05, 0.1) is 41.5 Å². The van der Waals surface area contributed by atoms with Crippen LogP contribution in [-0.4, -0.2) is 43.5 Å². The van der Waals surface area contributed by atoms with E-state index in [1.807, 2.05) is 13.8 Å². The van der Waals surface area contributed by atoms with Gasteiger partial charge >= 0.3 is 5.69 Å². The van der Waals surface area contributed by atoms with E-state index in [1.165, 1.54) is 12.3 Å². The summed E-state index contributed by atoms with van der Waals surface area (Å²) in [5.74, 6) is -0.135. The number of aromatic nitrogens is 2. The van der Waals surface area contributed by atoms with Crippen LogP contribution in [-0.2, 0) is 16.1 Å². The van der Waals surface area contributed by atoms with Crippen molar-refractivity contribution in [3.63, 3.8) is 0 Å². The van der Waals surface area contributed by atoms with Crippen LogP contribution >= 0.6 is 0 Å². The molecule has 11 heteroatoms. The van der Waals surface area contributed by atoms with Crippen LogP contribution in [0.5, 0.6) is 0 Å². The van der Waals surface area contributed by atoms with Crippen molar-refractivity contribution >= 4 is 5.69 Å². The third kappa shape index (κ3) is 4.90. The molecule has 3 rings (SSSR count). The molecule has 1 aromatic heterocycles. The van der Waals surface area contributed by atoms with Crippen molar-refractivity contribution < 1.29 is 24.6 Å². The van der Waals surface area contributed by atoms with E-state index in [4.69, 9.17) is 9.47 Å². The largest absolute Gasteiger partial charge is 0.394 e. The second kappa shape index (κ2) is 9.52. The molecule has 31 heavy (non-hydrogen) atoms. The number of aromatic amines is 1. The lowest BCUT2D eigenvalue weighted by atomic mass is 9.97. The molecule has 1 fully saturated rings. The maximum atomic E-state index is 12.3. The summed E-state index contributed by atoms with van der Waals surface area (Å²) in [5.41, 5.74) is -0.939. The van der Waals surface area contributed by atoms with E-state index in [1.54, 1.807) is 18.2 Å². The van der Waals surface area contributed by atoms with Gasteiger partial charge in [0.2, 0.25) is 0 Å². The van der Waals surface area contributed by atoms with E-state index in [9.17, 15) is 29.9 Å². The average Bonchev–Trinajstić information content (AvgIpc) is 3.10. The molecule has 0 amide bonds. The minimum Gasteiger partial charge on any atom is -0.394 e. The van der Waals surface area contributed by atoms with Gasteiger partial charge in [0.25, 0.3) is 11.2 Å². The fourth-order valence-corrected chi connectivity index (χ4v) is 3.61. The Kier molecular flexibility index (Phi) is 7.01. The Hall–Kier alpha value is -2.86. The van der Waals surface area contributed by atoms with Gasteiger partial charge in [-0.1, -0.05) is 26.0 Å². The van der Waals surface area contributed by atoms with E-state index in [0.717, 1.165) is 4.57 Å². The van der Waals surface area contributed by atoms with E-state index in [-0.39, 0.29) is 30.2 Å². The molecule has 1 saturated heterocycles. The van der Waals surface area contributed by atoms with Crippen LogP contribution in [0, 0.1) is 16.0 Å². The summed E-state index contributed by atoms with van der Waals surface area (Å²) in [6, 6.07) is 6.24. The first kappa shape index (κ1) is 22.8. The number of rotatable bonds is 8. The molecular formula is C20H25N3O8. The Morgan fingerprint density at radius 3 is 2.68 bits per heavy atom. The van der Waals surface area contributed by atoms with Crippen LogP contribution in [0.25, 0.3) is 0 Å². The summed E-state index contributed by atoms with van der Waals surface area (Å²) >= 11 is 0. The maximum Gasteiger partial charge on any atom is 0.330 e. The highest BCUT2D eigenvalue weighted by atomic mass is 16.6. The van der Waals surface area contributed by atoms with Gasteiger partial charge in [-0.2, -0.15) is 0 Å². The summed E-state index contributed by atoms with van der Waals surface area (Å²) in [7, 11) is 0. The Balaban J connectivity index is 1.86. The average molecular weight is 435 g/mol. The predicted octanol–water partition coefficient (Wildman–Crippen LogP) is 0.999. The number of aliphatic hydroxyl groups is 2. The molecule has 1 aliphatic heterocycles. The van der Waals surface area contributed by atoms with Crippen molar-refractivity contribution in [2.45, 2.75) is 51.4 Å². The van der Waals surface area contributed by atoms with Crippen molar-refractivity contribution in [1.82, 2.24) is 9.55 Å². The molecule has 3 N–H and O–H groups in total. The number of para-hydroxylation sites is 1. The highest BCUT2D eigenvalue weighted by Crippen LogP contribution is 2.33. The lowest BCUT2D eigenvalue weighted by Crippen LogP contribution is -2.34. The first-order chi connectivity index (χ1) is 14.7. The summed E-state index contributed by atoms with van der Waals surface area (Å²) in [5, 5.41) is 30.5. The van der Waals surface area contributed by atoms with Crippen molar-refractivity contribution in [3.8, 4) is 0 Å². The zero-order chi connectivity index (χ0) is 22.7. The number of aliphatic hydroxyl groups excluding tert-OH is 2. The number of hydrogen-bond donors (Lipinski definition) is 3. The third-order valence-electron chi connectivity index (χ3n) is 5.20. The summed E-state index contributed by atoms with van der Waals surface area (Å²) < 4.78 is 12.5. The van der Waals surface area contributed by atoms with Crippen molar-refractivity contribution in [3.05, 3.63) is 72.5 Å². The fourth-order valence-electron chi connectivity index (χ4n) is 3.61. The molecule has 0 saturated carbocycles. The molecule has 0 radical (unpaired) electrons. The normalized spacial score (nSPS) is 22.0. The number of benzene rings is 1. The molecule has 11 nitrogen and oxygen atoms in total. The lowest BCUT2D eigenvalue weighted by molar-refractivity contribution is -0.386. The molecule has 168 valence electrons.